The molecule has 1 saturated carbocycles. The lowest BCUT2D eigenvalue weighted by Crippen LogP contribution is -2.24. The molecule has 0 radical (unpaired) electrons. The van der Waals surface area contributed by atoms with Gasteiger partial charge < -0.3 is 5.32 Å². The van der Waals surface area contributed by atoms with Crippen molar-refractivity contribution in [1.82, 2.24) is 20.5 Å². The van der Waals surface area contributed by atoms with E-state index >= 15 is 0 Å². The summed E-state index contributed by atoms with van der Waals surface area (Å²) in [5.74, 6) is 2.14. The van der Waals surface area contributed by atoms with Gasteiger partial charge in [-0.15, -0.1) is 5.10 Å². The SMILES string of the molecule is Cc1ccc(CNC(=O)CSc2n[nH]c(CCC3CCCC3)n2)cc1. The van der Waals surface area contributed by atoms with Crippen molar-refractivity contribution in [2.75, 3.05) is 5.75 Å². The van der Waals surface area contributed by atoms with Crippen LogP contribution < -0.4 is 5.32 Å². The molecule has 0 atom stereocenters. The molecule has 1 aromatic carbocycles. The number of hydrogen-bond donors (Lipinski definition) is 2. The standard InChI is InChI=1S/C19H26N4OS/c1-14-6-8-16(9-7-14)12-20-18(24)13-25-19-21-17(22-23-19)11-10-15-4-2-3-5-15/h6-9,15H,2-5,10-13H2,1H3,(H,20,24)(H,21,22,23). The number of aromatic nitrogens is 3. The van der Waals surface area contributed by atoms with Crippen LogP contribution in [0.4, 0.5) is 0 Å². The number of nitrogens with zero attached hydrogens (tertiary/aromatic N) is 2. The van der Waals surface area contributed by atoms with Gasteiger partial charge in [0, 0.05) is 13.0 Å². The van der Waals surface area contributed by atoms with Crippen LogP contribution in [0.15, 0.2) is 29.4 Å². The maximum atomic E-state index is 12.0. The van der Waals surface area contributed by atoms with E-state index in [2.05, 4.69) is 39.6 Å². The highest BCUT2D eigenvalue weighted by atomic mass is 32.2. The van der Waals surface area contributed by atoms with E-state index in [-0.39, 0.29) is 5.91 Å². The Kier molecular flexibility index (Phi) is 6.50. The summed E-state index contributed by atoms with van der Waals surface area (Å²) in [4.78, 5) is 16.5. The van der Waals surface area contributed by atoms with Crippen LogP contribution in [-0.2, 0) is 17.8 Å². The van der Waals surface area contributed by atoms with Crippen LogP contribution in [0.25, 0.3) is 0 Å². The molecule has 1 aliphatic carbocycles. The van der Waals surface area contributed by atoms with Gasteiger partial charge in [0.05, 0.1) is 5.75 Å². The molecule has 0 unspecified atom stereocenters. The quantitative estimate of drug-likeness (QED) is 0.707. The number of aromatic amines is 1. The highest BCUT2D eigenvalue weighted by Crippen LogP contribution is 2.28. The molecule has 1 aromatic heterocycles. The molecule has 134 valence electrons. The third kappa shape index (κ3) is 5.88. The summed E-state index contributed by atoms with van der Waals surface area (Å²) >= 11 is 1.38. The molecule has 5 nitrogen and oxygen atoms in total. The van der Waals surface area contributed by atoms with Crippen molar-refractivity contribution in [3.63, 3.8) is 0 Å². The van der Waals surface area contributed by atoms with Crippen LogP contribution in [-0.4, -0.2) is 26.8 Å². The van der Waals surface area contributed by atoms with Crippen LogP contribution in [0.2, 0.25) is 0 Å². The Hall–Kier alpha value is -1.82. The van der Waals surface area contributed by atoms with Gasteiger partial charge in [-0.25, -0.2) is 4.98 Å². The summed E-state index contributed by atoms with van der Waals surface area (Å²) in [5.41, 5.74) is 2.33. The van der Waals surface area contributed by atoms with Crippen molar-refractivity contribution in [3.05, 3.63) is 41.2 Å². The summed E-state index contributed by atoms with van der Waals surface area (Å²) in [5, 5.41) is 10.8. The Balaban J connectivity index is 1.36. The smallest absolute Gasteiger partial charge is 0.230 e. The molecule has 1 heterocycles. The van der Waals surface area contributed by atoms with Crippen molar-refractivity contribution in [1.29, 1.82) is 0 Å². The first-order valence-corrected chi connectivity index (χ1v) is 10.0. The lowest BCUT2D eigenvalue weighted by molar-refractivity contribution is -0.118. The van der Waals surface area contributed by atoms with Gasteiger partial charge in [0.15, 0.2) is 0 Å². The number of nitrogens with one attached hydrogen (secondary N) is 2. The van der Waals surface area contributed by atoms with E-state index in [1.165, 1.54) is 49.4 Å². The van der Waals surface area contributed by atoms with E-state index in [1.54, 1.807) is 0 Å². The monoisotopic (exact) mass is 358 g/mol. The number of amides is 1. The maximum absolute atomic E-state index is 12.0. The molecular formula is C19H26N4OS. The van der Waals surface area contributed by atoms with E-state index in [0.29, 0.717) is 17.5 Å². The van der Waals surface area contributed by atoms with Crippen LogP contribution in [0.1, 0.15) is 49.1 Å². The molecule has 2 N–H and O–H groups in total. The molecule has 0 saturated heterocycles. The summed E-state index contributed by atoms with van der Waals surface area (Å²) in [6.07, 6.45) is 7.61. The number of H-pyrrole nitrogens is 1. The molecule has 6 heteroatoms. The van der Waals surface area contributed by atoms with Gasteiger partial charge >= 0.3 is 0 Å². The summed E-state index contributed by atoms with van der Waals surface area (Å²) in [7, 11) is 0. The Morgan fingerprint density at radius 1 is 1.28 bits per heavy atom. The minimum absolute atomic E-state index is 0.00267. The zero-order valence-corrected chi connectivity index (χ0v) is 15.6. The largest absolute Gasteiger partial charge is 0.351 e. The number of carbonyl (C=O) groups is 1. The molecule has 2 aromatic rings. The molecular weight excluding hydrogens is 332 g/mol. The van der Waals surface area contributed by atoms with Crippen LogP contribution in [0.3, 0.4) is 0 Å². The van der Waals surface area contributed by atoms with Gasteiger partial charge in [-0.3, -0.25) is 9.89 Å². The first-order chi connectivity index (χ1) is 12.2. The molecule has 1 aliphatic rings. The lowest BCUT2D eigenvalue weighted by Gasteiger charge is -2.05. The third-order valence-electron chi connectivity index (χ3n) is 4.72. The highest BCUT2D eigenvalue weighted by molar-refractivity contribution is 7.99. The van der Waals surface area contributed by atoms with Crippen LogP contribution in [0.5, 0.6) is 0 Å². The molecule has 1 fully saturated rings. The Morgan fingerprint density at radius 2 is 2.04 bits per heavy atom. The number of hydrogen-bond acceptors (Lipinski definition) is 4. The van der Waals surface area contributed by atoms with Crippen molar-refractivity contribution in [3.8, 4) is 0 Å². The van der Waals surface area contributed by atoms with Crippen LogP contribution >= 0.6 is 11.8 Å². The fourth-order valence-electron chi connectivity index (χ4n) is 3.18. The van der Waals surface area contributed by atoms with Crippen molar-refractivity contribution < 1.29 is 4.79 Å². The fraction of sp³-hybridized carbons (Fsp3) is 0.526. The van der Waals surface area contributed by atoms with Crippen molar-refractivity contribution in [2.45, 2.75) is 57.1 Å². The first-order valence-electron chi connectivity index (χ1n) is 9.05. The molecule has 3 rings (SSSR count). The molecule has 0 spiro atoms. The Morgan fingerprint density at radius 3 is 2.80 bits per heavy atom. The average Bonchev–Trinajstić information content (AvgIpc) is 3.29. The summed E-state index contributed by atoms with van der Waals surface area (Å²) < 4.78 is 0. The number of benzene rings is 1. The van der Waals surface area contributed by atoms with Gasteiger partial charge in [-0.1, -0.05) is 67.3 Å². The number of carbonyl (C=O) groups excluding carboxylic acids is 1. The van der Waals surface area contributed by atoms with E-state index in [4.69, 9.17) is 0 Å². The minimum atomic E-state index is 0.00267. The molecule has 0 bridgehead atoms. The van der Waals surface area contributed by atoms with Crippen molar-refractivity contribution >= 4 is 17.7 Å². The van der Waals surface area contributed by atoms with Gasteiger partial charge in [-0.2, -0.15) is 0 Å². The second-order valence-corrected chi connectivity index (χ2v) is 7.75. The third-order valence-corrected chi connectivity index (χ3v) is 5.57. The normalized spacial score (nSPS) is 14.8. The highest BCUT2D eigenvalue weighted by Gasteiger charge is 2.15. The minimum Gasteiger partial charge on any atom is -0.351 e. The van der Waals surface area contributed by atoms with E-state index in [1.807, 2.05) is 12.1 Å². The topological polar surface area (TPSA) is 70.7 Å². The predicted octanol–water partition coefficient (Wildman–Crippen LogP) is 3.64. The van der Waals surface area contributed by atoms with Gasteiger partial charge in [0.1, 0.15) is 5.82 Å². The molecule has 25 heavy (non-hydrogen) atoms. The summed E-state index contributed by atoms with van der Waals surface area (Å²) in [6.45, 7) is 2.61. The zero-order valence-electron chi connectivity index (χ0n) is 14.8. The van der Waals surface area contributed by atoms with E-state index in [9.17, 15) is 4.79 Å². The second-order valence-electron chi connectivity index (χ2n) is 6.80. The number of rotatable bonds is 8. The van der Waals surface area contributed by atoms with E-state index in [0.717, 1.165) is 23.7 Å². The maximum Gasteiger partial charge on any atom is 0.230 e. The molecule has 0 aliphatic heterocycles. The van der Waals surface area contributed by atoms with Gasteiger partial charge in [-0.05, 0) is 24.8 Å². The number of thioether (sulfide) groups is 1. The second kappa shape index (κ2) is 9.04. The van der Waals surface area contributed by atoms with Gasteiger partial charge in [0.2, 0.25) is 11.1 Å². The summed E-state index contributed by atoms with van der Waals surface area (Å²) in [6, 6.07) is 8.18. The zero-order chi connectivity index (χ0) is 17.5. The first kappa shape index (κ1) is 18.0. The number of aryl methyl sites for hydroxylation is 2. The molecule has 1 amide bonds. The average molecular weight is 359 g/mol. The predicted molar refractivity (Wildman–Crippen MR) is 100 cm³/mol. The Bertz CT molecular complexity index is 677. The fourth-order valence-corrected chi connectivity index (χ4v) is 3.83. The van der Waals surface area contributed by atoms with Gasteiger partial charge in [0.25, 0.3) is 0 Å². The van der Waals surface area contributed by atoms with Crippen molar-refractivity contribution in [2.24, 2.45) is 5.92 Å². The Labute approximate surface area is 153 Å². The lowest BCUT2D eigenvalue weighted by atomic mass is 10.0. The van der Waals surface area contributed by atoms with E-state index < -0.39 is 0 Å². The van der Waals surface area contributed by atoms with Crippen LogP contribution in [0, 0.1) is 12.8 Å².